The van der Waals surface area contributed by atoms with Crippen LogP contribution in [0.2, 0.25) is 0 Å². The third-order valence-corrected chi connectivity index (χ3v) is 6.18. The second-order valence-electron chi connectivity index (χ2n) is 7.63. The number of piperidine rings is 1. The molecular weight excluding hydrogens is 280 g/mol. The van der Waals surface area contributed by atoms with Crippen LogP contribution in [0.4, 0.5) is 10.7 Å². The number of nitrogens with two attached hydrogens (primary N) is 1. The molecule has 1 aromatic rings. The summed E-state index contributed by atoms with van der Waals surface area (Å²) in [5.74, 6) is 1.32. The van der Waals surface area contributed by atoms with Gasteiger partial charge in [-0.25, -0.2) is 0 Å². The lowest BCUT2D eigenvalue weighted by molar-refractivity contribution is 0.0972. The Kier molecular flexibility index (Phi) is 3.76. The van der Waals surface area contributed by atoms with Crippen molar-refractivity contribution in [3.8, 4) is 0 Å². The average Bonchev–Trinajstić information content (AvgIpc) is 3.20. The highest BCUT2D eigenvalue weighted by Gasteiger charge is 2.34. The lowest BCUT2D eigenvalue weighted by Crippen LogP contribution is -2.37. The molecule has 1 aliphatic carbocycles. The number of rotatable bonds is 3. The zero-order valence-electron chi connectivity index (χ0n) is 13.3. The Hall–Kier alpha value is -1.03. The first-order chi connectivity index (χ1) is 9.86. The molecule has 116 valence electrons. The number of hydrogen-bond donors (Lipinski definition) is 1. The highest BCUT2D eigenvalue weighted by molar-refractivity contribution is 7.18. The Labute approximate surface area is 131 Å². The van der Waals surface area contributed by atoms with E-state index in [9.17, 15) is 4.79 Å². The first-order valence-electron chi connectivity index (χ1n) is 8.04. The van der Waals surface area contributed by atoms with E-state index >= 15 is 0 Å². The molecule has 0 bridgehead atoms. The SMILES string of the molecule is CC(C)(C)C1CCN(c2cc(N)c(C(=O)C3CC3)s2)CC1. The first-order valence-corrected chi connectivity index (χ1v) is 8.86. The average molecular weight is 306 g/mol. The maximum absolute atomic E-state index is 12.2. The highest BCUT2D eigenvalue weighted by atomic mass is 32.1. The van der Waals surface area contributed by atoms with Crippen LogP contribution in [0.5, 0.6) is 0 Å². The minimum atomic E-state index is 0.255. The molecule has 2 aliphatic rings. The predicted molar refractivity (Wildman–Crippen MR) is 90.2 cm³/mol. The van der Waals surface area contributed by atoms with E-state index in [1.807, 2.05) is 6.07 Å². The highest BCUT2D eigenvalue weighted by Crippen LogP contribution is 2.42. The van der Waals surface area contributed by atoms with Crippen molar-refractivity contribution >= 4 is 27.8 Å². The fourth-order valence-corrected chi connectivity index (χ4v) is 4.39. The maximum atomic E-state index is 12.2. The van der Waals surface area contributed by atoms with Crippen LogP contribution >= 0.6 is 11.3 Å². The largest absolute Gasteiger partial charge is 0.397 e. The van der Waals surface area contributed by atoms with Gasteiger partial charge in [0.1, 0.15) is 0 Å². The van der Waals surface area contributed by atoms with Crippen LogP contribution in [-0.2, 0) is 0 Å². The second kappa shape index (κ2) is 5.31. The number of Topliss-reactive ketones (excluding diaryl/α,β-unsaturated/α-hetero) is 1. The van der Waals surface area contributed by atoms with E-state index in [0.717, 1.165) is 36.7 Å². The van der Waals surface area contributed by atoms with Gasteiger partial charge in [-0.3, -0.25) is 4.79 Å². The molecule has 0 unspecified atom stereocenters. The smallest absolute Gasteiger partial charge is 0.178 e. The number of ketones is 1. The van der Waals surface area contributed by atoms with Crippen LogP contribution in [-0.4, -0.2) is 18.9 Å². The van der Waals surface area contributed by atoms with Gasteiger partial charge in [0.05, 0.1) is 15.6 Å². The summed E-state index contributed by atoms with van der Waals surface area (Å²) >= 11 is 1.60. The van der Waals surface area contributed by atoms with Crippen molar-refractivity contribution in [2.45, 2.75) is 46.5 Å². The molecule has 1 saturated heterocycles. The van der Waals surface area contributed by atoms with Crippen LogP contribution in [0.1, 0.15) is 56.1 Å². The van der Waals surface area contributed by atoms with E-state index in [4.69, 9.17) is 5.73 Å². The lowest BCUT2D eigenvalue weighted by Gasteiger charge is -2.39. The number of nitrogens with zero attached hydrogens (tertiary/aromatic N) is 1. The van der Waals surface area contributed by atoms with Gasteiger partial charge in [0, 0.05) is 19.0 Å². The molecule has 0 atom stereocenters. The molecule has 2 N–H and O–H groups in total. The van der Waals surface area contributed by atoms with Gasteiger partial charge in [-0.2, -0.15) is 0 Å². The van der Waals surface area contributed by atoms with E-state index in [0.29, 0.717) is 11.1 Å². The van der Waals surface area contributed by atoms with Crippen LogP contribution in [0.25, 0.3) is 0 Å². The van der Waals surface area contributed by atoms with Crippen LogP contribution in [0.3, 0.4) is 0 Å². The quantitative estimate of drug-likeness (QED) is 0.852. The third kappa shape index (κ3) is 3.10. The van der Waals surface area contributed by atoms with Gasteiger partial charge in [0.2, 0.25) is 0 Å². The molecule has 1 aliphatic heterocycles. The van der Waals surface area contributed by atoms with Crippen LogP contribution in [0.15, 0.2) is 6.07 Å². The van der Waals surface area contributed by atoms with Crippen LogP contribution in [0, 0.1) is 17.3 Å². The van der Waals surface area contributed by atoms with Crippen molar-refractivity contribution in [3.05, 3.63) is 10.9 Å². The summed E-state index contributed by atoms with van der Waals surface area (Å²) in [6, 6.07) is 2.01. The topological polar surface area (TPSA) is 46.3 Å². The van der Waals surface area contributed by atoms with E-state index < -0.39 is 0 Å². The van der Waals surface area contributed by atoms with E-state index in [2.05, 4.69) is 25.7 Å². The van der Waals surface area contributed by atoms with Gasteiger partial charge in [-0.15, -0.1) is 11.3 Å². The molecule has 4 heteroatoms. The number of nitrogen functional groups attached to an aromatic ring is 1. The molecule has 0 radical (unpaired) electrons. The molecule has 3 rings (SSSR count). The van der Waals surface area contributed by atoms with Crippen molar-refractivity contribution in [1.29, 1.82) is 0 Å². The Morgan fingerprint density at radius 2 is 1.86 bits per heavy atom. The van der Waals surface area contributed by atoms with Gasteiger partial charge in [0.15, 0.2) is 5.78 Å². The Balaban J connectivity index is 1.68. The van der Waals surface area contributed by atoms with E-state index in [1.54, 1.807) is 11.3 Å². The molecule has 0 amide bonds. The number of anilines is 2. The maximum Gasteiger partial charge on any atom is 0.178 e. The molecule has 1 aromatic heterocycles. The summed E-state index contributed by atoms with van der Waals surface area (Å²) in [4.78, 5) is 15.4. The molecule has 2 heterocycles. The van der Waals surface area contributed by atoms with E-state index in [-0.39, 0.29) is 11.7 Å². The molecular formula is C17H26N2OS. The van der Waals surface area contributed by atoms with Crippen molar-refractivity contribution in [3.63, 3.8) is 0 Å². The molecule has 0 spiro atoms. The number of hydrogen-bond acceptors (Lipinski definition) is 4. The molecule has 1 saturated carbocycles. The van der Waals surface area contributed by atoms with E-state index in [1.165, 1.54) is 17.8 Å². The predicted octanol–water partition coefficient (Wildman–Crippen LogP) is 4.19. The summed E-state index contributed by atoms with van der Waals surface area (Å²) in [5, 5.41) is 1.18. The Morgan fingerprint density at radius 1 is 1.24 bits per heavy atom. The van der Waals surface area contributed by atoms with Gasteiger partial charge < -0.3 is 10.6 Å². The summed E-state index contributed by atoms with van der Waals surface area (Å²) < 4.78 is 0. The minimum Gasteiger partial charge on any atom is -0.397 e. The summed E-state index contributed by atoms with van der Waals surface area (Å²) in [6.07, 6.45) is 4.55. The van der Waals surface area contributed by atoms with Crippen LogP contribution < -0.4 is 10.6 Å². The monoisotopic (exact) mass is 306 g/mol. The first kappa shape index (κ1) is 14.9. The number of thiophene rings is 1. The Morgan fingerprint density at radius 3 is 2.38 bits per heavy atom. The van der Waals surface area contributed by atoms with Crippen molar-refractivity contribution in [2.75, 3.05) is 23.7 Å². The second-order valence-corrected chi connectivity index (χ2v) is 8.67. The molecule has 21 heavy (non-hydrogen) atoms. The Bertz CT molecular complexity index is 531. The fourth-order valence-electron chi connectivity index (χ4n) is 3.24. The van der Waals surface area contributed by atoms with Crippen molar-refractivity contribution in [1.82, 2.24) is 0 Å². The molecule has 0 aromatic carbocycles. The van der Waals surface area contributed by atoms with Gasteiger partial charge in [0.25, 0.3) is 0 Å². The standard InChI is InChI=1S/C17H26N2OS/c1-17(2,3)12-6-8-19(9-7-12)14-10-13(18)16(21-14)15(20)11-4-5-11/h10-12H,4-9,18H2,1-3H3. The molecule has 2 fully saturated rings. The van der Waals surface area contributed by atoms with Gasteiger partial charge in [-0.05, 0) is 43.1 Å². The normalized spacial score (nSPS) is 20.8. The summed E-state index contributed by atoms with van der Waals surface area (Å²) in [5.41, 5.74) is 7.16. The van der Waals surface area contributed by atoms with Gasteiger partial charge in [-0.1, -0.05) is 20.8 Å². The zero-order chi connectivity index (χ0) is 15.2. The summed E-state index contributed by atoms with van der Waals surface area (Å²) in [6.45, 7) is 9.17. The number of carbonyl (C=O) groups excluding carboxylic acids is 1. The van der Waals surface area contributed by atoms with Crippen molar-refractivity contribution in [2.24, 2.45) is 17.3 Å². The lowest BCUT2D eigenvalue weighted by atomic mass is 9.75. The number of carbonyl (C=O) groups is 1. The fraction of sp³-hybridized carbons (Fsp3) is 0.706. The zero-order valence-corrected chi connectivity index (χ0v) is 14.1. The summed E-state index contributed by atoms with van der Waals surface area (Å²) in [7, 11) is 0. The molecule has 3 nitrogen and oxygen atoms in total. The van der Waals surface area contributed by atoms with Gasteiger partial charge >= 0.3 is 0 Å². The van der Waals surface area contributed by atoms with Crippen molar-refractivity contribution < 1.29 is 4.79 Å². The minimum absolute atomic E-state index is 0.255. The third-order valence-electron chi connectivity index (χ3n) is 4.95.